The maximum absolute atomic E-state index is 13.1. The van der Waals surface area contributed by atoms with Gasteiger partial charge in [0.2, 0.25) is 0 Å². The maximum atomic E-state index is 13.1. The predicted octanol–water partition coefficient (Wildman–Crippen LogP) is 3.35. The summed E-state index contributed by atoms with van der Waals surface area (Å²) in [5, 5.41) is 0. The van der Waals surface area contributed by atoms with Gasteiger partial charge in [-0.05, 0) is 37.5 Å². The van der Waals surface area contributed by atoms with E-state index >= 15 is 0 Å². The number of carbonyl (C=O) groups excluding carboxylic acids is 1. The highest BCUT2D eigenvalue weighted by molar-refractivity contribution is 9.10. The van der Waals surface area contributed by atoms with E-state index < -0.39 is 17.0 Å². The van der Waals surface area contributed by atoms with Crippen molar-refractivity contribution in [2.45, 2.75) is 25.2 Å². The third-order valence-electron chi connectivity index (χ3n) is 2.95. The number of halogens is 3. The summed E-state index contributed by atoms with van der Waals surface area (Å²) in [5.41, 5.74) is -0.0122. The first kappa shape index (κ1) is 10.7. The smallest absolute Gasteiger partial charge is 0.159 e. The summed E-state index contributed by atoms with van der Waals surface area (Å²) in [6.07, 6.45) is 1.43. The van der Waals surface area contributed by atoms with Crippen LogP contribution in [0.15, 0.2) is 16.6 Å². The van der Waals surface area contributed by atoms with E-state index in [2.05, 4.69) is 15.9 Å². The normalized spacial score (nSPS) is 17.6. The van der Waals surface area contributed by atoms with Crippen molar-refractivity contribution in [1.29, 1.82) is 0 Å². The fourth-order valence-electron chi connectivity index (χ4n) is 1.83. The zero-order valence-electron chi connectivity index (χ0n) is 8.11. The Bertz CT molecular complexity index is 438. The van der Waals surface area contributed by atoms with E-state index in [-0.39, 0.29) is 5.78 Å². The second-order valence-electron chi connectivity index (χ2n) is 3.88. The fourth-order valence-corrected chi connectivity index (χ4v) is 2.52. The lowest BCUT2D eigenvalue weighted by atomic mass is 9.92. The van der Waals surface area contributed by atoms with Crippen molar-refractivity contribution in [1.82, 2.24) is 0 Å². The minimum atomic E-state index is -0.902. The van der Waals surface area contributed by atoms with Crippen molar-refractivity contribution >= 4 is 21.7 Å². The van der Waals surface area contributed by atoms with Crippen molar-refractivity contribution in [3.8, 4) is 0 Å². The summed E-state index contributed by atoms with van der Waals surface area (Å²) in [6, 6.07) is 2.20. The molecule has 0 radical (unpaired) electrons. The van der Waals surface area contributed by atoms with E-state index in [1.807, 2.05) is 0 Å². The van der Waals surface area contributed by atoms with E-state index in [0.717, 1.165) is 12.1 Å². The molecule has 0 unspecified atom stereocenters. The molecule has 0 aliphatic heterocycles. The second-order valence-corrected chi connectivity index (χ2v) is 4.74. The van der Waals surface area contributed by atoms with Crippen molar-refractivity contribution in [3.05, 3.63) is 33.8 Å². The molecule has 15 heavy (non-hydrogen) atoms. The van der Waals surface area contributed by atoms with Gasteiger partial charge in [-0.25, -0.2) is 8.78 Å². The van der Waals surface area contributed by atoms with Gasteiger partial charge in [-0.1, -0.05) is 15.9 Å². The molecule has 4 heteroatoms. The van der Waals surface area contributed by atoms with E-state index in [0.29, 0.717) is 22.9 Å². The van der Waals surface area contributed by atoms with Crippen LogP contribution in [0.5, 0.6) is 0 Å². The molecule has 1 nitrogen and oxygen atoms in total. The van der Waals surface area contributed by atoms with Gasteiger partial charge in [0.15, 0.2) is 11.6 Å². The molecule has 0 N–H and O–H groups in total. The highest BCUT2D eigenvalue weighted by Crippen LogP contribution is 2.51. The Labute approximate surface area is 94.6 Å². The minimum Gasteiger partial charge on any atom is -0.299 e. The molecular weight excluding hydrogens is 266 g/mol. The first-order valence-corrected chi connectivity index (χ1v) is 5.43. The lowest BCUT2D eigenvalue weighted by Gasteiger charge is -2.14. The monoisotopic (exact) mass is 274 g/mol. The van der Waals surface area contributed by atoms with Crippen molar-refractivity contribution in [3.63, 3.8) is 0 Å². The van der Waals surface area contributed by atoms with Crippen LogP contribution in [0.3, 0.4) is 0 Å². The number of ketones is 1. The first-order valence-electron chi connectivity index (χ1n) is 4.63. The van der Waals surface area contributed by atoms with Crippen molar-refractivity contribution in [2.24, 2.45) is 0 Å². The largest absolute Gasteiger partial charge is 0.299 e. The van der Waals surface area contributed by atoms with Crippen LogP contribution in [-0.4, -0.2) is 5.78 Å². The summed E-state index contributed by atoms with van der Waals surface area (Å²) in [4.78, 5) is 11.4. The Balaban J connectivity index is 2.54. The molecule has 0 spiro atoms. The molecule has 1 fully saturated rings. The van der Waals surface area contributed by atoms with Gasteiger partial charge < -0.3 is 0 Å². The molecule has 0 amide bonds. The summed E-state index contributed by atoms with van der Waals surface area (Å²) < 4.78 is 26.4. The van der Waals surface area contributed by atoms with Gasteiger partial charge >= 0.3 is 0 Å². The van der Waals surface area contributed by atoms with Gasteiger partial charge in [-0.2, -0.15) is 0 Å². The number of rotatable bonds is 2. The Morgan fingerprint density at radius 2 is 1.87 bits per heavy atom. The van der Waals surface area contributed by atoms with E-state index in [1.165, 1.54) is 6.92 Å². The Morgan fingerprint density at radius 3 is 2.33 bits per heavy atom. The number of benzene rings is 1. The molecule has 1 aliphatic carbocycles. The van der Waals surface area contributed by atoms with Crippen LogP contribution in [-0.2, 0) is 10.2 Å². The summed E-state index contributed by atoms with van der Waals surface area (Å²) in [6.45, 7) is 1.49. The highest BCUT2D eigenvalue weighted by atomic mass is 79.9. The summed E-state index contributed by atoms with van der Waals surface area (Å²) >= 11 is 3.17. The minimum absolute atomic E-state index is 0.00853. The molecule has 1 aromatic carbocycles. The zero-order chi connectivity index (χ0) is 11.2. The van der Waals surface area contributed by atoms with Crippen molar-refractivity contribution in [2.75, 3.05) is 0 Å². The van der Waals surface area contributed by atoms with Gasteiger partial charge in [0.05, 0.1) is 5.41 Å². The van der Waals surface area contributed by atoms with Crippen molar-refractivity contribution < 1.29 is 13.6 Å². The van der Waals surface area contributed by atoms with Gasteiger partial charge in [-0.3, -0.25) is 4.79 Å². The lowest BCUT2D eigenvalue weighted by molar-refractivity contribution is -0.119. The molecule has 2 rings (SSSR count). The van der Waals surface area contributed by atoms with Crippen LogP contribution in [0.4, 0.5) is 8.78 Å². The zero-order valence-corrected chi connectivity index (χ0v) is 9.70. The second kappa shape index (κ2) is 3.37. The maximum Gasteiger partial charge on any atom is 0.159 e. The van der Waals surface area contributed by atoms with Gasteiger partial charge in [0.25, 0.3) is 0 Å². The van der Waals surface area contributed by atoms with Crippen LogP contribution < -0.4 is 0 Å². The van der Waals surface area contributed by atoms with Gasteiger partial charge in [0, 0.05) is 4.47 Å². The number of Topliss-reactive ketones (excluding diaryl/α,β-unsaturated/α-hetero) is 1. The van der Waals surface area contributed by atoms with E-state index in [4.69, 9.17) is 0 Å². The molecule has 80 valence electrons. The first-order chi connectivity index (χ1) is 6.97. The highest BCUT2D eigenvalue weighted by Gasteiger charge is 2.50. The number of hydrogen-bond donors (Lipinski definition) is 0. The van der Waals surface area contributed by atoms with E-state index in [1.54, 1.807) is 0 Å². The van der Waals surface area contributed by atoms with Crippen LogP contribution in [0.25, 0.3) is 0 Å². The average Bonchev–Trinajstić information content (AvgIpc) is 2.92. The molecule has 0 saturated heterocycles. The third-order valence-corrected chi connectivity index (χ3v) is 3.61. The van der Waals surface area contributed by atoms with Gasteiger partial charge in [-0.15, -0.1) is 0 Å². The van der Waals surface area contributed by atoms with Crippen LogP contribution >= 0.6 is 15.9 Å². The summed E-state index contributed by atoms with van der Waals surface area (Å²) in [5.74, 6) is -1.79. The van der Waals surface area contributed by atoms with Crippen LogP contribution in [0.2, 0.25) is 0 Å². The molecule has 0 atom stereocenters. The Kier molecular flexibility index (Phi) is 2.41. The number of carbonyl (C=O) groups is 1. The van der Waals surface area contributed by atoms with Crippen LogP contribution in [0, 0.1) is 11.6 Å². The fraction of sp³-hybridized carbons (Fsp3) is 0.364. The van der Waals surface area contributed by atoms with Crippen LogP contribution in [0.1, 0.15) is 25.3 Å². The van der Waals surface area contributed by atoms with Gasteiger partial charge in [0.1, 0.15) is 5.78 Å². The third kappa shape index (κ3) is 1.61. The summed E-state index contributed by atoms with van der Waals surface area (Å²) in [7, 11) is 0. The molecule has 0 bridgehead atoms. The number of hydrogen-bond acceptors (Lipinski definition) is 1. The standard InChI is InChI=1S/C11H9BrF2O/c1-6(15)11(2-3-11)7-4-9(13)10(14)5-8(7)12/h4-5H,2-3H2,1H3. The molecule has 0 aromatic heterocycles. The Morgan fingerprint density at radius 1 is 1.33 bits per heavy atom. The molecule has 1 saturated carbocycles. The quantitative estimate of drug-likeness (QED) is 0.756. The lowest BCUT2D eigenvalue weighted by Crippen LogP contribution is -2.18. The molecule has 1 aromatic rings. The Hall–Kier alpha value is -0.770. The van der Waals surface area contributed by atoms with E-state index in [9.17, 15) is 13.6 Å². The molecular formula is C11H9BrF2O. The molecule has 0 heterocycles. The SMILES string of the molecule is CC(=O)C1(c2cc(F)c(F)cc2Br)CC1. The molecule has 1 aliphatic rings. The topological polar surface area (TPSA) is 17.1 Å². The average molecular weight is 275 g/mol. The predicted molar refractivity (Wildman–Crippen MR) is 55.7 cm³/mol.